The van der Waals surface area contributed by atoms with Crippen molar-refractivity contribution in [2.45, 2.75) is 65.2 Å². The Morgan fingerprint density at radius 1 is 1.36 bits per heavy atom. The van der Waals surface area contributed by atoms with Crippen LogP contribution in [0.5, 0.6) is 0 Å². The van der Waals surface area contributed by atoms with E-state index in [1.54, 1.807) is 0 Å². The molecule has 1 rings (SSSR count). The van der Waals surface area contributed by atoms with Crippen LogP contribution in [0.1, 0.15) is 47.0 Å². The van der Waals surface area contributed by atoms with Gasteiger partial charge >= 0.3 is 0 Å². The van der Waals surface area contributed by atoms with E-state index in [0.29, 0.717) is 18.2 Å². The Balaban J connectivity index is 2.41. The van der Waals surface area contributed by atoms with E-state index < -0.39 is 0 Å². The molecule has 0 bridgehead atoms. The maximum atomic E-state index is 5.91. The summed E-state index contributed by atoms with van der Waals surface area (Å²) in [5.74, 6) is 0.749. The van der Waals surface area contributed by atoms with Crippen LogP contribution in [0.15, 0.2) is 0 Å². The highest BCUT2D eigenvalue weighted by atomic mass is 16.5. The van der Waals surface area contributed by atoms with Crippen molar-refractivity contribution in [3.8, 4) is 0 Å². The van der Waals surface area contributed by atoms with Crippen molar-refractivity contribution < 1.29 is 4.74 Å². The summed E-state index contributed by atoms with van der Waals surface area (Å²) in [6, 6.07) is 0.560. The Morgan fingerprint density at radius 3 is 2.50 bits per heavy atom. The van der Waals surface area contributed by atoms with Gasteiger partial charge in [0, 0.05) is 6.04 Å². The van der Waals surface area contributed by atoms with Gasteiger partial charge in [0.05, 0.1) is 12.2 Å². The van der Waals surface area contributed by atoms with Gasteiger partial charge in [-0.15, -0.1) is 0 Å². The third-order valence-electron chi connectivity index (χ3n) is 2.91. The predicted octanol–water partition coefficient (Wildman–Crippen LogP) is 2.58. The average molecular weight is 199 g/mol. The van der Waals surface area contributed by atoms with Crippen LogP contribution in [-0.2, 0) is 4.74 Å². The lowest BCUT2D eigenvalue weighted by Crippen LogP contribution is -2.40. The average Bonchev–Trinajstić information content (AvgIpc) is 2.50. The standard InChI is InChI=1S/C12H25NO/c1-5-13-11(8-9(2)3)12-7-6-10(4)14-12/h9-13H,5-8H2,1-4H3. The number of rotatable bonds is 5. The molecule has 0 aliphatic carbocycles. The Labute approximate surface area is 88.4 Å². The highest BCUT2D eigenvalue weighted by Crippen LogP contribution is 2.24. The van der Waals surface area contributed by atoms with Crippen LogP contribution in [0, 0.1) is 5.92 Å². The van der Waals surface area contributed by atoms with E-state index >= 15 is 0 Å². The van der Waals surface area contributed by atoms with Crippen LogP contribution in [-0.4, -0.2) is 24.8 Å². The third-order valence-corrected chi connectivity index (χ3v) is 2.91. The van der Waals surface area contributed by atoms with Crippen molar-refractivity contribution in [1.82, 2.24) is 5.32 Å². The SMILES string of the molecule is CCNC(CC(C)C)C1CCC(C)O1. The maximum absolute atomic E-state index is 5.91. The van der Waals surface area contributed by atoms with Crippen LogP contribution in [0.4, 0.5) is 0 Å². The summed E-state index contributed by atoms with van der Waals surface area (Å²) < 4.78 is 5.91. The second kappa shape index (κ2) is 5.72. The Bertz CT molecular complexity index is 158. The molecule has 1 aliphatic heterocycles. The van der Waals surface area contributed by atoms with Gasteiger partial charge in [0.2, 0.25) is 0 Å². The second-order valence-corrected chi connectivity index (χ2v) is 4.86. The molecule has 3 atom stereocenters. The first kappa shape index (κ1) is 12.0. The second-order valence-electron chi connectivity index (χ2n) is 4.86. The smallest absolute Gasteiger partial charge is 0.0732 e. The number of hydrogen-bond acceptors (Lipinski definition) is 2. The zero-order valence-electron chi connectivity index (χ0n) is 10.0. The minimum atomic E-state index is 0.451. The summed E-state index contributed by atoms with van der Waals surface area (Å²) in [5, 5.41) is 3.55. The topological polar surface area (TPSA) is 21.3 Å². The zero-order valence-corrected chi connectivity index (χ0v) is 10.0. The van der Waals surface area contributed by atoms with E-state index in [9.17, 15) is 0 Å². The molecule has 1 fully saturated rings. The first-order valence-electron chi connectivity index (χ1n) is 6.02. The number of hydrogen-bond donors (Lipinski definition) is 1. The van der Waals surface area contributed by atoms with E-state index in [1.165, 1.54) is 19.3 Å². The summed E-state index contributed by atoms with van der Waals surface area (Å²) in [6.45, 7) is 9.96. The van der Waals surface area contributed by atoms with Gasteiger partial charge in [-0.1, -0.05) is 20.8 Å². The number of likely N-dealkylation sites (N-methyl/N-ethyl adjacent to an activating group) is 1. The molecule has 1 saturated heterocycles. The van der Waals surface area contributed by atoms with Crippen molar-refractivity contribution in [1.29, 1.82) is 0 Å². The van der Waals surface area contributed by atoms with Crippen LogP contribution in [0.3, 0.4) is 0 Å². The molecule has 0 radical (unpaired) electrons. The molecule has 1 N–H and O–H groups in total. The fourth-order valence-electron chi connectivity index (χ4n) is 2.27. The number of nitrogens with one attached hydrogen (secondary N) is 1. The van der Waals surface area contributed by atoms with Gasteiger partial charge in [0.15, 0.2) is 0 Å². The van der Waals surface area contributed by atoms with Crippen molar-refractivity contribution in [3.63, 3.8) is 0 Å². The molecule has 0 aromatic rings. The van der Waals surface area contributed by atoms with Gasteiger partial charge in [-0.3, -0.25) is 0 Å². The van der Waals surface area contributed by atoms with Crippen molar-refractivity contribution in [3.05, 3.63) is 0 Å². The fraction of sp³-hybridized carbons (Fsp3) is 1.00. The number of ether oxygens (including phenoxy) is 1. The Hall–Kier alpha value is -0.0800. The zero-order chi connectivity index (χ0) is 10.6. The quantitative estimate of drug-likeness (QED) is 0.735. The van der Waals surface area contributed by atoms with E-state index in [0.717, 1.165) is 12.5 Å². The van der Waals surface area contributed by atoms with E-state index in [-0.39, 0.29) is 0 Å². The molecule has 0 saturated carbocycles. The van der Waals surface area contributed by atoms with Crippen molar-refractivity contribution in [2.24, 2.45) is 5.92 Å². The van der Waals surface area contributed by atoms with Crippen molar-refractivity contribution in [2.75, 3.05) is 6.54 Å². The summed E-state index contributed by atoms with van der Waals surface area (Å²) in [7, 11) is 0. The Kier molecular flexibility index (Phi) is 4.90. The summed E-state index contributed by atoms with van der Waals surface area (Å²) in [4.78, 5) is 0. The molecule has 0 aromatic carbocycles. The fourth-order valence-corrected chi connectivity index (χ4v) is 2.27. The molecule has 0 spiro atoms. The van der Waals surface area contributed by atoms with Crippen LogP contribution >= 0.6 is 0 Å². The van der Waals surface area contributed by atoms with Gasteiger partial charge in [-0.25, -0.2) is 0 Å². The molecule has 0 aromatic heterocycles. The molecule has 1 heterocycles. The lowest BCUT2D eigenvalue weighted by atomic mass is 9.97. The maximum Gasteiger partial charge on any atom is 0.0732 e. The first-order chi connectivity index (χ1) is 6.63. The van der Waals surface area contributed by atoms with E-state index in [1.807, 2.05) is 0 Å². The van der Waals surface area contributed by atoms with Gasteiger partial charge < -0.3 is 10.1 Å². The first-order valence-corrected chi connectivity index (χ1v) is 6.02. The van der Waals surface area contributed by atoms with E-state index in [2.05, 4.69) is 33.0 Å². The van der Waals surface area contributed by atoms with Crippen LogP contribution in [0.2, 0.25) is 0 Å². The molecule has 2 heteroatoms. The molecule has 2 nitrogen and oxygen atoms in total. The molecule has 1 aliphatic rings. The van der Waals surface area contributed by atoms with Crippen LogP contribution < -0.4 is 5.32 Å². The summed E-state index contributed by atoms with van der Waals surface area (Å²) >= 11 is 0. The van der Waals surface area contributed by atoms with Gasteiger partial charge in [0.1, 0.15) is 0 Å². The highest BCUT2D eigenvalue weighted by Gasteiger charge is 2.29. The lowest BCUT2D eigenvalue weighted by Gasteiger charge is -2.25. The third kappa shape index (κ3) is 3.58. The Morgan fingerprint density at radius 2 is 2.07 bits per heavy atom. The monoisotopic (exact) mass is 199 g/mol. The largest absolute Gasteiger partial charge is 0.374 e. The molecule has 3 unspecified atom stereocenters. The lowest BCUT2D eigenvalue weighted by molar-refractivity contribution is 0.0276. The molecular formula is C12H25NO. The summed E-state index contributed by atoms with van der Waals surface area (Å²) in [6.07, 6.45) is 4.60. The predicted molar refractivity (Wildman–Crippen MR) is 60.5 cm³/mol. The molecule has 84 valence electrons. The summed E-state index contributed by atoms with van der Waals surface area (Å²) in [5.41, 5.74) is 0. The van der Waals surface area contributed by atoms with E-state index in [4.69, 9.17) is 4.74 Å². The van der Waals surface area contributed by atoms with Crippen LogP contribution in [0.25, 0.3) is 0 Å². The van der Waals surface area contributed by atoms with Gasteiger partial charge in [-0.05, 0) is 38.6 Å². The minimum absolute atomic E-state index is 0.451. The minimum Gasteiger partial charge on any atom is -0.374 e. The molecule has 14 heavy (non-hydrogen) atoms. The van der Waals surface area contributed by atoms with Crippen molar-refractivity contribution >= 4 is 0 Å². The van der Waals surface area contributed by atoms with Gasteiger partial charge in [-0.2, -0.15) is 0 Å². The molecule has 0 amide bonds. The molecular weight excluding hydrogens is 174 g/mol. The highest BCUT2D eigenvalue weighted by molar-refractivity contribution is 4.83. The van der Waals surface area contributed by atoms with Gasteiger partial charge in [0.25, 0.3) is 0 Å². The normalized spacial score (nSPS) is 29.8.